The van der Waals surface area contributed by atoms with E-state index in [9.17, 15) is 13.2 Å². The molecular weight excluding hydrogens is 438 g/mol. The third kappa shape index (κ3) is 4.98. The smallest absolute Gasteiger partial charge is 0.229 e. The van der Waals surface area contributed by atoms with Gasteiger partial charge >= 0.3 is 0 Å². The van der Waals surface area contributed by atoms with Crippen molar-refractivity contribution in [3.8, 4) is 0 Å². The molecule has 2 atom stereocenters. The number of aryl methyl sites for hydroxylation is 1. The number of fused-ring (bicyclic) bond motifs is 1. The van der Waals surface area contributed by atoms with Crippen LogP contribution in [-0.2, 0) is 21.2 Å². The Balaban J connectivity index is 1.56. The fourth-order valence-corrected chi connectivity index (χ4v) is 5.34. The van der Waals surface area contributed by atoms with Crippen molar-refractivity contribution >= 4 is 44.5 Å². The van der Waals surface area contributed by atoms with E-state index < -0.39 is 10.0 Å². The van der Waals surface area contributed by atoms with E-state index >= 15 is 0 Å². The minimum absolute atomic E-state index is 0.233. The molecule has 0 saturated carbocycles. The highest BCUT2D eigenvalue weighted by molar-refractivity contribution is 7.92. The first kappa shape index (κ1) is 23.1. The van der Waals surface area contributed by atoms with Crippen LogP contribution < -0.4 is 14.5 Å². The summed E-state index contributed by atoms with van der Waals surface area (Å²) in [7, 11) is -3.34. The summed E-state index contributed by atoms with van der Waals surface area (Å²) in [6.07, 6.45) is 6.54. The van der Waals surface area contributed by atoms with Crippen molar-refractivity contribution in [2.75, 3.05) is 33.9 Å². The summed E-state index contributed by atoms with van der Waals surface area (Å²) in [5.74, 6) is 1.88. The number of sulfonamides is 1. The topological polar surface area (TPSA) is 98.4 Å². The maximum atomic E-state index is 12.1. The Labute approximate surface area is 195 Å². The van der Waals surface area contributed by atoms with Crippen LogP contribution in [0.2, 0.25) is 0 Å². The van der Waals surface area contributed by atoms with Crippen LogP contribution in [0.15, 0.2) is 42.6 Å². The molecule has 176 valence electrons. The van der Waals surface area contributed by atoms with Gasteiger partial charge in [0.2, 0.25) is 10.0 Å². The first-order valence-electron chi connectivity index (χ1n) is 11.4. The van der Waals surface area contributed by atoms with Crippen LogP contribution in [0.1, 0.15) is 32.3 Å². The van der Waals surface area contributed by atoms with Crippen molar-refractivity contribution in [3.63, 3.8) is 0 Å². The lowest BCUT2D eigenvalue weighted by molar-refractivity contribution is -0.109. The maximum absolute atomic E-state index is 12.1. The predicted molar refractivity (Wildman–Crippen MR) is 134 cm³/mol. The molecule has 4 rings (SSSR count). The maximum Gasteiger partial charge on any atom is 0.229 e. The molecule has 8 nitrogen and oxygen atoms in total. The normalized spacial score (nSPS) is 18.9. The highest BCUT2D eigenvalue weighted by Crippen LogP contribution is 2.32. The van der Waals surface area contributed by atoms with Gasteiger partial charge in [-0.3, -0.25) is 4.72 Å². The number of nitrogens with one attached hydrogen (secondary N) is 2. The fourth-order valence-electron chi connectivity index (χ4n) is 4.78. The third-order valence-electron chi connectivity index (χ3n) is 6.30. The van der Waals surface area contributed by atoms with Crippen LogP contribution in [0, 0.1) is 0 Å². The summed E-state index contributed by atoms with van der Waals surface area (Å²) in [6.45, 7) is 5.84. The summed E-state index contributed by atoms with van der Waals surface area (Å²) in [5.41, 5.74) is 2.63. The molecule has 1 aliphatic rings. The number of anilines is 3. The van der Waals surface area contributed by atoms with Gasteiger partial charge in [0, 0.05) is 41.9 Å². The number of aromatic nitrogens is 2. The first-order valence-corrected chi connectivity index (χ1v) is 13.2. The van der Waals surface area contributed by atoms with Crippen molar-refractivity contribution in [2.45, 2.75) is 45.2 Å². The Morgan fingerprint density at radius 2 is 2.09 bits per heavy atom. The largest absolute Gasteiger partial charge is 0.354 e. The molecule has 1 fully saturated rings. The second-order valence-electron chi connectivity index (χ2n) is 8.53. The lowest BCUT2D eigenvalue weighted by Crippen LogP contribution is -2.51. The monoisotopic (exact) mass is 469 g/mol. The van der Waals surface area contributed by atoms with Crippen molar-refractivity contribution < 1.29 is 13.2 Å². The van der Waals surface area contributed by atoms with Crippen LogP contribution in [0.5, 0.6) is 0 Å². The molecule has 9 heteroatoms. The molecule has 0 spiro atoms. The molecule has 3 heterocycles. The van der Waals surface area contributed by atoms with E-state index in [-0.39, 0.29) is 12.1 Å². The summed E-state index contributed by atoms with van der Waals surface area (Å²) in [5, 5.41) is 0.890. The number of benzene rings is 1. The second kappa shape index (κ2) is 9.43. The van der Waals surface area contributed by atoms with Crippen LogP contribution in [0.25, 0.3) is 10.9 Å². The molecule has 0 bridgehead atoms. The average molecular weight is 470 g/mol. The molecular formula is C24H31N5O3S. The second-order valence-corrected chi connectivity index (χ2v) is 10.3. The number of nitrogens with zero attached hydrogens (tertiary/aromatic N) is 3. The quantitative estimate of drug-likeness (QED) is 0.490. The molecule has 1 saturated heterocycles. The van der Waals surface area contributed by atoms with Gasteiger partial charge < -0.3 is 19.6 Å². The number of aldehydes is 1. The molecule has 0 radical (unpaired) electrons. The van der Waals surface area contributed by atoms with E-state index in [1.54, 1.807) is 12.1 Å². The van der Waals surface area contributed by atoms with Crippen molar-refractivity contribution in [1.82, 2.24) is 9.97 Å². The Hall–Kier alpha value is -3.07. The predicted octanol–water partition coefficient (Wildman–Crippen LogP) is 3.56. The van der Waals surface area contributed by atoms with Crippen molar-refractivity contribution in [2.24, 2.45) is 0 Å². The molecule has 33 heavy (non-hydrogen) atoms. The van der Waals surface area contributed by atoms with Gasteiger partial charge in [-0.2, -0.15) is 0 Å². The highest BCUT2D eigenvalue weighted by atomic mass is 32.2. The van der Waals surface area contributed by atoms with Crippen LogP contribution >= 0.6 is 0 Å². The Morgan fingerprint density at radius 1 is 1.27 bits per heavy atom. The Morgan fingerprint density at radius 3 is 2.79 bits per heavy atom. The van der Waals surface area contributed by atoms with Gasteiger partial charge in [0.25, 0.3) is 0 Å². The molecule has 1 aliphatic heterocycles. The zero-order valence-electron chi connectivity index (χ0n) is 19.3. The van der Waals surface area contributed by atoms with Gasteiger partial charge in [-0.15, -0.1) is 0 Å². The number of H-pyrrole nitrogens is 1. The zero-order valence-corrected chi connectivity index (χ0v) is 20.1. The van der Waals surface area contributed by atoms with E-state index in [0.29, 0.717) is 12.1 Å². The van der Waals surface area contributed by atoms with Gasteiger partial charge in [0.05, 0.1) is 12.3 Å². The summed E-state index contributed by atoms with van der Waals surface area (Å²) < 4.78 is 25.6. The van der Waals surface area contributed by atoms with E-state index in [0.717, 1.165) is 61.0 Å². The van der Waals surface area contributed by atoms with Crippen molar-refractivity contribution in [3.05, 3.63) is 48.2 Å². The number of piperidine rings is 1. The molecule has 1 aromatic carbocycles. The van der Waals surface area contributed by atoms with Gasteiger partial charge in [-0.05, 0) is 62.1 Å². The number of hydrogen-bond donors (Lipinski definition) is 2. The number of rotatable bonds is 8. The molecule has 2 aromatic heterocycles. The number of carbonyl (C=O) groups is 1. The Kier molecular flexibility index (Phi) is 6.60. The lowest BCUT2D eigenvalue weighted by atomic mass is 9.96. The van der Waals surface area contributed by atoms with Gasteiger partial charge in [0.15, 0.2) is 0 Å². The third-order valence-corrected chi connectivity index (χ3v) is 6.90. The molecule has 2 unspecified atom stereocenters. The molecule has 0 aliphatic carbocycles. The number of pyridine rings is 1. The van der Waals surface area contributed by atoms with E-state index in [2.05, 4.69) is 44.4 Å². The number of hydrogen-bond acceptors (Lipinski definition) is 6. The molecule has 2 N–H and O–H groups in total. The number of carbonyl (C=O) groups excluding carboxylic acids is 1. The van der Waals surface area contributed by atoms with E-state index in [1.807, 2.05) is 24.4 Å². The van der Waals surface area contributed by atoms with Crippen LogP contribution in [-0.4, -0.2) is 56.1 Å². The SMILES string of the molecule is CCc1cccnc1N(CC)C1CCN(c2cc3cc(NS(C)(=O)=O)ccc3[nH]2)C(C=O)C1. The molecule has 3 aromatic rings. The minimum atomic E-state index is -3.34. The van der Waals surface area contributed by atoms with E-state index in [4.69, 9.17) is 0 Å². The number of aromatic amines is 1. The van der Waals surface area contributed by atoms with Crippen molar-refractivity contribution in [1.29, 1.82) is 0 Å². The first-order chi connectivity index (χ1) is 15.8. The van der Waals surface area contributed by atoms with Crippen LogP contribution in [0.3, 0.4) is 0 Å². The van der Waals surface area contributed by atoms with Gasteiger partial charge in [-0.1, -0.05) is 13.0 Å². The highest BCUT2D eigenvalue weighted by Gasteiger charge is 2.33. The van der Waals surface area contributed by atoms with Gasteiger partial charge in [-0.25, -0.2) is 13.4 Å². The van der Waals surface area contributed by atoms with E-state index in [1.165, 1.54) is 5.56 Å². The standard InChI is InChI=1S/C24H31N5O3S/c1-4-17-7-6-11-25-24(17)28(5-2)20-10-12-29(21(15-20)16-30)23-14-18-13-19(27-33(3,31)32)8-9-22(18)26-23/h6-9,11,13-14,16,20-21,26-27H,4-5,10,12,15H2,1-3H3. The molecule has 0 amide bonds. The summed E-state index contributed by atoms with van der Waals surface area (Å²) in [6, 6.07) is 11.4. The zero-order chi connectivity index (χ0) is 23.6. The summed E-state index contributed by atoms with van der Waals surface area (Å²) >= 11 is 0. The van der Waals surface area contributed by atoms with Crippen LogP contribution in [0.4, 0.5) is 17.3 Å². The lowest BCUT2D eigenvalue weighted by Gasteiger charge is -2.42. The summed E-state index contributed by atoms with van der Waals surface area (Å²) in [4.78, 5) is 24.6. The Bertz CT molecular complexity index is 1240. The van der Waals surface area contributed by atoms with Gasteiger partial charge in [0.1, 0.15) is 17.9 Å². The fraction of sp³-hybridized carbons (Fsp3) is 0.417. The minimum Gasteiger partial charge on any atom is -0.354 e. The average Bonchev–Trinajstić information content (AvgIpc) is 3.22.